The van der Waals surface area contributed by atoms with Gasteiger partial charge < -0.3 is 19.9 Å². The molecule has 3 aromatic heterocycles. The number of aliphatic hydroxyl groups is 1. The smallest absolute Gasteiger partial charge is 0.204 e. The number of pyridine rings is 2. The fourth-order valence-electron chi connectivity index (χ4n) is 3.78. The Balaban J connectivity index is 1.36. The first-order valence-corrected chi connectivity index (χ1v) is 12.0. The molecule has 0 bridgehead atoms. The van der Waals surface area contributed by atoms with Gasteiger partial charge in [0.2, 0.25) is 5.06 Å². The lowest BCUT2D eigenvalue weighted by atomic mass is 9.97. The van der Waals surface area contributed by atoms with Crippen molar-refractivity contribution in [1.29, 1.82) is 0 Å². The first-order chi connectivity index (χ1) is 15.5. The highest BCUT2D eigenvalue weighted by Gasteiger charge is 2.31. The summed E-state index contributed by atoms with van der Waals surface area (Å²) in [4.78, 5) is 13.7. The van der Waals surface area contributed by atoms with Crippen LogP contribution in [0.2, 0.25) is 0 Å². The third-order valence-electron chi connectivity index (χ3n) is 5.77. The predicted molar refractivity (Wildman–Crippen MR) is 124 cm³/mol. The summed E-state index contributed by atoms with van der Waals surface area (Å²) in [6.45, 7) is 4.99. The van der Waals surface area contributed by atoms with Gasteiger partial charge in [0.1, 0.15) is 17.2 Å². The average Bonchev–Trinajstić information content (AvgIpc) is 3.55. The van der Waals surface area contributed by atoms with Crippen molar-refractivity contribution >= 4 is 22.8 Å². The quantitative estimate of drug-likeness (QED) is 0.491. The average molecular weight is 453 g/mol. The minimum Gasteiger partial charge on any atom is -0.444 e. The monoisotopic (exact) mass is 452 g/mol. The number of anilines is 2. The maximum Gasteiger partial charge on any atom is 0.204 e. The molecule has 0 aromatic carbocycles. The van der Waals surface area contributed by atoms with E-state index in [9.17, 15) is 5.11 Å². The summed E-state index contributed by atoms with van der Waals surface area (Å²) in [5, 5.41) is 15.6. The molecule has 1 saturated carbocycles. The van der Waals surface area contributed by atoms with Gasteiger partial charge in [0.25, 0.3) is 0 Å². The first-order valence-electron chi connectivity index (χ1n) is 11.1. The van der Waals surface area contributed by atoms with E-state index in [1.165, 1.54) is 17.8 Å². The summed E-state index contributed by atoms with van der Waals surface area (Å²) in [6, 6.07) is 7.42. The Labute approximate surface area is 191 Å². The van der Waals surface area contributed by atoms with E-state index in [1.807, 2.05) is 24.3 Å². The zero-order valence-electron chi connectivity index (χ0n) is 18.4. The molecule has 0 amide bonds. The van der Waals surface area contributed by atoms with Gasteiger partial charge >= 0.3 is 0 Å². The lowest BCUT2D eigenvalue weighted by molar-refractivity contribution is 0.0739. The molecule has 3 aromatic rings. The fraction of sp³-hybridized carbons (Fsp3) is 0.458. The Morgan fingerprint density at radius 2 is 1.84 bits per heavy atom. The molecule has 2 N–H and O–H groups in total. The van der Waals surface area contributed by atoms with Gasteiger partial charge in [0.05, 0.1) is 16.4 Å². The fourth-order valence-corrected chi connectivity index (χ4v) is 4.97. The molecule has 0 radical (unpaired) electrons. The molecule has 7 nitrogen and oxygen atoms in total. The molecule has 1 aliphatic carbocycles. The molecular weight excluding hydrogens is 424 g/mol. The second-order valence-electron chi connectivity index (χ2n) is 8.98. The largest absolute Gasteiger partial charge is 0.444 e. The first kappa shape index (κ1) is 21.3. The molecule has 1 saturated heterocycles. The third-order valence-corrected chi connectivity index (χ3v) is 6.88. The van der Waals surface area contributed by atoms with Gasteiger partial charge in [-0.2, -0.15) is 0 Å². The molecule has 2 aliphatic rings. The molecule has 2 fully saturated rings. The highest BCUT2D eigenvalue weighted by atomic mass is 32.1. The van der Waals surface area contributed by atoms with Crippen LogP contribution < -0.4 is 10.1 Å². The molecule has 32 heavy (non-hydrogen) atoms. The Bertz CT molecular complexity index is 1080. The van der Waals surface area contributed by atoms with Gasteiger partial charge in [-0.15, -0.1) is 0 Å². The molecule has 1 aliphatic heterocycles. The SMILES string of the molecule is CC(C)(O)c1cc(Nc2cc(Oc3sc(C4CC4)nc3C3CCOCC3)ccn2)ccn1. The second-order valence-corrected chi connectivity index (χ2v) is 9.97. The van der Waals surface area contributed by atoms with Crippen LogP contribution in [0.5, 0.6) is 10.8 Å². The van der Waals surface area contributed by atoms with E-state index < -0.39 is 5.60 Å². The van der Waals surface area contributed by atoms with E-state index in [0.29, 0.717) is 23.3 Å². The minimum absolute atomic E-state index is 0.388. The van der Waals surface area contributed by atoms with Crippen molar-refractivity contribution in [3.05, 3.63) is 53.1 Å². The zero-order valence-corrected chi connectivity index (χ0v) is 19.2. The lowest BCUT2D eigenvalue weighted by Gasteiger charge is -2.21. The van der Waals surface area contributed by atoms with Gasteiger partial charge in [-0.05, 0) is 57.7 Å². The van der Waals surface area contributed by atoms with E-state index in [0.717, 1.165) is 48.2 Å². The molecule has 168 valence electrons. The van der Waals surface area contributed by atoms with E-state index >= 15 is 0 Å². The molecule has 0 atom stereocenters. The van der Waals surface area contributed by atoms with Crippen LogP contribution in [0.25, 0.3) is 0 Å². The molecule has 5 rings (SSSR count). The summed E-state index contributed by atoms with van der Waals surface area (Å²) in [6.07, 6.45) is 7.82. The highest BCUT2D eigenvalue weighted by Crippen LogP contribution is 2.48. The van der Waals surface area contributed by atoms with Crippen molar-refractivity contribution in [1.82, 2.24) is 15.0 Å². The number of ether oxygens (including phenoxy) is 2. The predicted octanol–water partition coefficient (Wildman–Crippen LogP) is 5.47. The molecule has 0 spiro atoms. The number of hydrogen-bond donors (Lipinski definition) is 2. The number of nitrogens with zero attached hydrogens (tertiary/aromatic N) is 3. The van der Waals surface area contributed by atoms with Crippen molar-refractivity contribution in [2.24, 2.45) is 0 Å². The van der Waals surface area contributed by atoms with Gasteiger partial charge in [0, 0.05) is 49.2 Å². The van der Waals surface area contributed by atoms with Crippen molar-refractivity contribution in [2.75, 3.05) is 18.5 Å². The Morgan fingerprint density at radius 3 is 2.59 bits per heavy atom. The van der Waals surface area contributed by atoms with Crippen LogP contribution >= 0.6 is 11.3 Å². The minimum atomic E-state index is -1.01. The lowest BCUT2D eigenvalue weighted by Crippen LogP contribution is -2.17. The number of hydrogen-bond acceptors (Lipinski definition) is 8. The molecular formula is C24H28N4O3S. The van der Waals surface area contributed by atoms with Gasteiger partial charge in [-0.25, -0.2) is 9.97 Å². The number of thiazole rings is 1. The van der Waals surface area contributed by atoms with Crippen LogP contribution in [-0.2, 0) is 10.3 Å². The van der Waals surface area contributed by atoms with Crippen LogP contribution in [0.3, 0.4) is 0 Å². The van der Waals surface area contributed by atoms with Crippen LogP contribution in [0.4, 0.5) is 11.5 Å². The van der Waals surface area contributed by atoms with Gasteiger partial charge in [0.15, 0.2) is 0 Å². The van der Waals surface area contributed by atoms with Crippen LogP contribution in [0, 0.1) is 0 Å². The summed E-state index contributed by atoms with van der Waals surface area (Å²) in [5.41, 5.74) is 1.46. The normalized spacial score (nSPS) is 17.3. The summed E-state index contributed by atoms with van der Waals surface area (Å²) in [5.74, 6) is 2.37. The maximum absolute atomic E-state index is 10.2. The van der Waals surface area contributed by atoms with Crippen LogP contribution in [0.15, 0.2) is 36.7 Å². The molecule has 4 heterocycles. The Kier molecular flexibility index (Phi) is 5.84. The zero-order chi connectivity index (χ0) is 22.1. The summed E-state index contributed by atoms with van der Waals surface area (Å²) in [7, 11) is 0. The standard InChI is InChI=1S/C24H28N4O3S/c1-24(2,29)19-13-17(5-9-25-19)27-20-14-18(6-10-26-20)31-23-21(15-7-11-30-12-8-15)28-22(32-23)16-3-4-16/h5-6,9-10,13-16,29H,3-4,7-8,11-12H2,1-2H3,(H,25,26,27). The van der Waals surface area contributed by atoms with Crippen molar-refractivity contribution in [2.45, 2.75) is 57.0 Å². The molecule has 0 unspecified atom stereocenters. The number of rotatable bonds is 7. The van der Waals surface area contributed by atoms with Crippen molar-refractivity contribution in [3.8, 4) is 10.8 Å². The Hall–Kier alpha value is -2.55. The maximum atomic E-state index is 10.2. The van der Waals surface area contributed by atoms with Crippen LogP contribution in [-0.4, -0.2) is 33.3 Å². The summed E-state index contributed by atoms with van der Waals surface area (Å²) >= 11 is 1.68. The summed E-state index contributed by atoms with van der Waals surface area (Å²) < 4.78 is 11.9. The number of nitrogens with one attached hydrogen (secondary N) is 1. The molecule has 8 heteroatoms. The third kappa shape index (κ3) is 4.92. The second kappa shape index (κ2) is 8.77. The Morgan fingerprint density at radius 1 is 1.06 bits per heavy atom. The topological polar surface area (TPSA) is 89.4 Å². The number of aromatic nitrogens is 3. The van der Waals surface area contributed by atoms with Crippen LogP contribution in [0.1, 0.15) is 67.8 Å². The highest BCUT2D eigenvalue weighted by molar-refractivity contribution is 7.13. The van der Waals surface area contributed by atoms with E-state index in [-0.39, 0.29) is 0 Å². The van der Waals surface area contributed by atoms with E-state index in [2.05, 4.69) is 15.3 Å². The van der Waals surface area contributed by atoms with E-state index in [4.69, 9.17) is 14.5 Å². The van der Waals surface area contributed by atoms with Crippen molar-refractivity contribution in [3.63, 3.8) is 0 Å². The van der Waals surface area contributed by atoms with Gasteiger partial charge in [-0.3, -0.25) is 4.98 Å². The van der Waals surface area contributed by atoms with Gasteiger partial charge in [-0.1, -0.05) is 11.3 Å². The van der Waals surface area contributed by atoms with Crippen molar-refractivity contribution < 1.29 is 14.6 Å². The van der Waals surface area contributed by atoms with E-state index in [1.54, 1.807) is 37.6 Å².